The molecule has 0 aliphatic carbocycles. The second-order valence-corrected chi connectivity index (χ2v) is 4.79. The normalized spacial score (nSPS) is 21.3. The number of allylic oxidation sites excluding steroid dienone is 1. The molecule has 0 aromatic rings. The van der Waals surface area contributed by atoms with E-state index in [1.165, 1.54) is 0 Å². The molecule has 2 heterocycles. The highest BCUT2D eigenvalue weighted by molar-refractivity contribution is 6.14. The lowest BCUT2D eigenvalue weighted by molar-refractivity contribution is -0.146. The molecule has 5 heteroatoms. The molecule has 2 rings (SSSR count). The predicted octanol–water partition coefficient (Wildman–Crippen LogP) is 1.62. The molecule has 0 radical (unpaired) electrons. The molecule has 2 aliphatic heterocycles. The van der Waals surface area contributed by atoms with Crippen LogP contribution in [0.3, 0.4) is 0 Å². The topological polar surface area (TPSA) is 55.8 Å². The molecule has 2 fully saturated rings. The van der Waals surface area contributed by atoms with E-state index in [2.05, 4.69) is 4.90 Å². The van der Waals surface area contributed by atoms with Gasteiger partial charge in [-0.3, -0.25) is 0 Å². The molecule has 106 valence electrons. The lowest BCUT2D eigenvalue weighted by Crippen LogP contribution is -2.27. The van der Waals surface area contributed by atoms with Gasteiger partial charge in [-0.1, -0.05) is 0 Å². The standard InChI is InChI=1S/C14H21NO4/c1-3-18-13(16)12(14(17)19-4-2)11-8-7-10-6-5-9-15(10)11/h10H,3-9H2,1-2H3/t10-/m0/s1. The first-order chi connectivity index (χ1) is 9.19. The van der Waals surface area contributed by atoms with E-state index in [9.17, 15) is 9.59 Å². The van der Waals surface area contributed by atoms with Gasteiger partial charge < -0.3 is 14.4 Å². The summed E-state index contributed by atoms with van der Waals surface area (Å²) in [6.45, 7) is 4.91. The quantitative estimate of drug-likeness (QED) is 0.335. The number of ether oxygens (including phenoxy) is 2. The van der Waals surface area contributed by atoms with Crippen LogP contribution in [-0.2, 0) is 19.1 Å². The average Bonchev–Trinajstić information content (AvgIpc) is 2.94. The summed E-state index contributed by atoms with van der Waals surface area (Å²) in [6.07, 6.45) is 4.03. The lowest BCUT2D eigenvalue weighted by Gasteiger charge is -2.21. The van der Waals surface area contributed by atoms with E-state index >= 15 is 0 Å². The van der Waals surface area contributed by atoms with Crippen LogP contribution in [-0.4, -0.2) is 42.6 Å². The van der Waals surface area contributed by atoms with Crippen LogP contribution in [0, 0.1) is 0 Å². The molecule has 0 amide bonds. The van der Waals surface area contributed by atoms with Gasteiger partial charge in [-0.05, 0) is 39.5 Å². The Kier molecular flexibility index (Phi) is 4.45. The SMILES string of the molecule is CCOC(=O)C(C(=O)OCC)=C1CC[C@@H]2CCCN12. The molecule has 2 saturated heterocycles. The van der Waals surface area contributed by atoms with Gasteiger partial charge in [0.05, 0.1) is 13.2 Å². The number of nitrogens with zero attached hydrogens (tertiary/aromatic N) is 1. The molecule has 0 saturated carbocycles. The summed E-state index contributed by atoms with van der Waals surface area (Å²) in [7, 11) is 0. The first-order valence-corrected chi connectivity index (χ1v) is 7.03. The zero-order valence-electron chi connectivity index (χ0n) is 11.6. The maximum atomic E-state index is 12.0. The number of hydrogen-bond donors (Lipinski definition) is 0. The van der Waals surface area contributed by atoms with Gasteiger partial charge in [0.25, 0.3) is 0 Å². The van der Waals surface area contributed by atoms with Crippen LogP contribution in [0.1, 0.15) is 39.5 Å². The molecular weight excluding hydrogens is 246 g/mol. The van der Waals surface area contributed by atoms with Crippen molar-refractivity contribution in [1.82, 2.24) is 4.90 Å². The van der Waals surface area contributed by atoms with Gasteiger partial charge in [0, 0.05) is 18.3 Å². The van der Waals surface area contributed by atoms with Crippen molar-refractivity contribution in [1.29, 1.82) is 0 Å². The molecule has 0 aromatic heterocycles. The maximum absolute atomic E-state index is 12.0. The molecule has 1 atom stereocenters. The van der Waals surface area contributed by atoms with Crippen molar-refractivity contribution in [3.8, 4) is 0 Å². The molecular formula is C14H21NO4. The number of rotatable bonds is 4. The molecule has 0 unspecified atom stereocenters. The Morgan fingerprint density at radius 1 is 1.16 bits per heavy atom. The second kappa shape index (κ2) is 6.08. The van der Waals surface area contributed by atoms with Gasteiger partial charge in [0.1, 0.15) is 0 Å². The zero-order valence-corrected chi connectivity index (χ0v) is 11.6. The Morgan fingerprint density at radius 3 is 2.37 bits per heavy atom. The third-order valence-electron chi connectivity index (χ3n) is 3.69. The van der Waals surface area contributed by atoms with Crippen molar-refractivity contribution in [3.63, 3.8) is 0 Å². The highest BCUT2D eigenvalue weighted by atomic mass is 16.6. The van der Waals surface area contributed by atoms with E-state index in [4.69, 9.17) is 9.47 Å². The summed E-state index contributed by atoms with van der Waals surface area (Å²) in [5.41, 5.74) is 0.924. The molecule has 0 spiro atoms. The first kappa shape index (κ1) is 13.9. The van der Waals surface area contributed by atoms with Crippen LogP contribution in [0.4, 0.5) is 0 Å². The summed E-state index contributed by atoms with van der Waals surface area (Å²) >= 11 is 0. The fourth-order valence-electron chi connectivity index (χ4n) is 2.93. The van der Waals surface area contributed by atoms with Crippen molar-refractivity contribution >= 4 is 11.9 Å². The van der Waals surface area contributed by atoms with Gasteiger partial charge in [0.2, 0.25) is 0 Å². The third-order valence-corrected chi connectivity index (χ3v) is 3.69. The Morgan fingerprint density at radius 2 is 1.79 bits per heavy atom. The van der Waals surface area contributed by atoms with Gasteiger partial charge in [-0.15, -0.1) is 0 Å². The van der Waals surface area contributed by atoms with Crippen LogP contribution in [0.25, 0.3) is 0 Å². The number of fused-ring (bicyclic) bond motifs is 1. The molecule has 0 N–H and O–H groups in total. The van der Waals surface area contributed by atoms with Crippen molar-refractivity contribution < 1.29 is 19.1 Å². The molecule has 5 nitrogen and oxygen atoms in total. The van der Waals surface area contributed by atoms with Gasteiger partial charge in [-0.2, -0.15) is 0 Å². The van der Waals surface area contributed by atoms with E-state index < -0.39 is 11.9 Å². The minimum absolute atomic E-state index is 0.105. The lowest BCUT2D eigenvalue weighted by atomic mass is 10.1. The first-order valence-electron chi connectivity index (χ1n) is 7.03. The highest BCUT2D eigenvalue weighted by Crippen LogP contribution is 2.37. The Labute approximate surface area is 113 Å². The average molecular weight is 267 g/mol. The van der Waals surface area contributed by atoms with Crippen molar-refractivity contribution in [3.05, 3.63) is 11.3 Å². The molecule has 0 aromatic carbocycles. The van der Waals surface area contributed by atoms with E-state index in [-0.39, 0.29) is 18.8 Å². The number of carbonyl (C=O) groups is 2. The third kappa shape index (κ3) is 2.74. The van der Waals surface area contributed by atoms with Crippen molar-refractivity contribution in [2.24, 2.45) is 0 Å². The fraction of sp³-hybridized carbons (Fsp3) is 0.714. The largest absolute Gasteiger partial charge is 0.462 e. The summed E-state index contributed by atoms with van der Waals surface area (Å²) in [6, 6.07) is 0.480. The van der Waals surface area contributed by atoms with Crippen LogP contribution in [0.2, 0.25) is 0 Å². The van der Waals surface area contributed by atoms with Crippen molar-refractivity contribution in [2.75, 3.05) is 19.8 Å². The minimum atomic E-state index is -0.552. The van der Waals surface area contributed by atoms with Crippen LogP contribution in [0.15, 0.2) is 11.3 Å². The molecule has 19 heavy (non-hydrogen) atoms. The van der Waals surface area contributed by atoms with Gasteiger partial charge in [-0.25, -0.2) is 9.59 Å². The number of esters is 2. The van der Waals surface area contributed by atoms with E-state index in [1.807, 2.05) is 0 Å². The van der Waals surface area contributed by atoms with Crippen molar-refractivity contribution in [2.45, 2.75) is 45.6 Å². The fourth-order valence-corrected chi connectivity index (χ4v) is 2.93. The van der Waals surface area contributed by atoms with E-state index in [0.29, 0.717) is 6.04 Å². The van der Waals surface area contributed by atoms with Crippen LogP contribution in [0.5, 0.6) is 0 Å². The summed E-state index contributed by atoms with van der Waals surface area (Å²) < 4.78 is 10.0. The predicted molar refractivity (Wildman–Crippen MR) is 69.3 cm³/mol. The van der Waals surface area contributed by atoms with Crippen LogP contribution < -0.4 is 0 Å². The summed E-state index contributed by atoms with van der Waals surface area (Å²) in [5, 5.41) is 0. The second-order valence-electron chi connectivity index (χ2n) is 4.79. The Bertz CT molecular complexity index is 382. The monoisotopic (exact) mass is 267 g/mol. The smallest absolute Gasteiger partial charge is 0.347 e. The van der Waals surface area contributed by atoms with Gasteiger partial charge in [0.15, 0.2) is 5.57 Å². The zero-order chi connectivity index (χ0) is 13.8. The summed E-state index contributed by atoms with van der Waals surface area (Å²) in [4.78, 5) is 26.2. The highest BCUT2D eigenvalue weighted by Gasteiger charge is 2.38. The maximum Gasteiger partial charge on any atom is 0.347 e. The van der Waals surface area contributed by atoms with E-state index in [1.54, 1.807) is 13.8 Å². The van der Waals surface area contributed by atoms with Crippen LogP contribution >= 0.6 is 0 Å². The van der Waals surface area contributed by atoms with Gasteiger partial charge >= 0.3 is 11.9 Å². The number of carbonyl (C=O) groups excluding carboxylic acids is 2. The molecule has 2 aliphatic rings. The number of hydrogen-bond acceptors (Lipinski definition) is 5. The Hall–Kier alpha value is -1.52. The Balaban J connectivity index is 2.30. The minimum Gasteiger partial charge on any atom is -0.462 e. The summed E-state index contributed by atoms with van der Waals surface area (Å²) in [5.74, 6) is -1.10. The molecule has 0 bridgehead atoms. The van der Waals surface area contributed by atoms with E-state index in [0.717, 1.165) is 37.9 Å².